The van der Waals surface area contributed by atoms with Gasteiger partial charge in [0.1, 0.15) is 5.82 Å². The molecule has 2 aromatic carbocycles. The molecule has 1 fully saturated rings. The van der Waals surface area contributed by atoms with Crippen molar-refractivity contribution in [3.63, 3.8) is 0 Å². The number of piperidine rings is 1. The Bertz CT molecular complexity index is 879. The second-order valence-electron chi connectivity index (χ2n) is 7.86. The largest absolute Gasteiger partial charge is 0.371 e. The van der Waals surface area contributed by atoms with Gasteiger partial charge in [0.05, 0.1) is 5.56 Å². The third-order valence-electron chi connectivity index (χ3n) is 5.08. The first kappa shape index (κ1) is 21.6. The number of carbonyl (C=O) groups is 2. The highest BCUT2D eigenvalue weighted by Crippen LogP contribution is 2.24. The van der Waals surface area contributed by atoms with Gasteiger partial charge in [0.15, 0.2) is 0 Å². The molecule has 0 aliphatic carbocycles. The molecule has 6 nitrogen and oxygen atoms in total. The molecule has 0 unspecified atom stereocenters. The van der Waals surface area contributed by atoms with E-state index < -0.39 is 0 Å². The average molecular weight is 413 g/mol. The maximum Gasteiger partial charge on any atom is 0.315 e. The van der Waals surface area contributed by atoms with E-state index in [1.165, 1.54) is 12.1 Å². The zero-order valence-corrected chi connectivity index (χ0v) is 17.5. The number of nitrogens with one attached hydrogen (secondary N) is 3. The minimum atomic E-state index is -0.319. The van der Waals surface area contributed by atoms with Gasteiger partial charge in [-0.05, 0) is 56.5 Å². The second-order valence-corrected chi connectivity index (χ2v) is 7.86. The van der Waals surface area contributed by atoms with Crippen LogP contribution in [0.15, 0.2) is 48.5 Å². The molecular weight excluding hydrogens is 383 g/mol. The first-order valence-electron chi connectivity index (χ1n) is 10.4. The Labute approximate surface area is 176 Å². The first-order chi connectivity index (χ1) is 14.4. The first-order valence-corrected chi connectivity index (χ1v) is 10.4. The van der Waals surface area contributed by atoms with Crippen molar-refractivity contribution in [3.05, 3.63) is 65.5 Å². The molecule has 7 heteroatoms. The normalized spacial score (nSPS) is 14.5. The molecular formula is C23H29FN4O2. The van der Waals surface area contributed by atoms with Crippen molar-refractivity contribution < 1.29 is 14.0 Å². The third kappa shape index (κ3) is 5.95. The van der Waals surface area contributed by atoms with Crippen LogP contribution in [0.3, 0.4) is 0 Å². The summed E-state index contributed by atoms with van der Waals surface area (Å²) in [4.78, 5) is 26.9. The SMILES string of the molecule is CC(C)NC(=O)NC1CCN(c2ccccc2C(=O)NCc2cccc(F)c2)CC1. The van der Waals surface area contributed by atoms with Crippen molar-refractivity contribution in [3.8, 4) is 0 Å². The zero-order chi connectivity index (χ0) is 21.5. The summed E-state index contributed by atoms with van der Waals surface area (Å²) in [6, 6.07) is 13.8. The Hall–Kier alpha value is -3.09. The fourth-order valence-electron chi connectivity index (χ4n) is 3.62. The molecule has 160 valence electrons. The van der Waals surface area contributed by atoms with Gasteiger partial charge in [0.25, 0.3) is 5.91 Å². The molecule has 0 spiro atoms. The van der Waals surface area contributed by atoms with Gasteiger partial charge in [-0.25, -0.2) is 9.18 Å². The number of anilines is 1. The lowest BCUT2D eigenvalue weighted by Gasteiger charge is -2.35. The van der Waals surface area contributed by atoms with Crippen LogP contribution in [0, 0.1) is 5.82 Å². The van der Waals surface area contributed by atoms with Gasteiger partial charge in [-0.15, -0.1) is 0 Å². The predicted molar refractivity (Wildman–Crippen MR) is 116 cm³/mol. The van der Waals surface area contributed by atoms with Gasteiger partial charge in [0, 0.05) is 37.4 Å². The monoisotopic (exact) mass is 412 g/mol. The molecule has 0 saturated carbocycles. The van der Waals surface area contributed by atoms with Crippen molar-refractivity contribution in [2.24, 2.45) is 0 Å². The molecule has 3 amide bonds. The predicted octanol–water partition coefficient (Wildman–Crippen LogP) is 3.43. The Balaban J connectivity index is 1.59. The number of amides is 3. The molecule has 1 aliphatic heterocycles. The molecule has 2 aromatic rings. The van der Waals surface area contributed by atoms with Crippen LogP contribution < -0.4 is 20.9 Å². The number of halogens is 1. The number of urea groups is 1. The van der Waals surface area contributed by atoms with Crippen molar-refractivity contribution in [2.75, 3.05) is 18.0 Å². The molecule has 1 heterocycles. The van der Waals surface area contributed by atoms with Gasteiger partial charge in [-0.1, -0.05) is 24.3 Å². The van der Waals surface area contributed by atoms with E-state index >= 15 is 0 Å². The van der Waals surface area contributed by atoms with Crippen molar-refractivity contribution in [1.29, 1.82) is 0 Å². The maximum atomic E-state index is 13.3. The highest BCUT2D eigenvalue weighted by molar-refractivity contribution is 5.99. The highest BCUT2D eigenvalue weighted by Gasteiger charge is 2.23. The third-order valence-corrected chi connectivity index (χ3v) is 5.08. The Kier molecular flexibility index (Phi) is 7.27. The Morgan fingerprint density at radius 3 is 2.53 bits per heavy atom. The summed E-state index contributed by atoms with van der Waals surface area (Å²) in [5.74, 6) is -0.507. The molecule has 30 heavy (non-hydrogen) atoms. The fourth-order valence-corrected chi connectivity index (χ4v) is 3.62. The Morgan fingerprint density at radius 2 is 1.83 bits per heavy atom. The zero-order valence-electron chi connectivity index (χ0n) is 17.5. The minimum Gasteiger partial charge on any atom is -0.371 e. The van der Waals surface area contributed by atoms with Crippen molar-refractivity contribution >= 4 is 17.6 Å². The van der Waals surface area contributed by atoms with E-state index in [0.717, 1.165) is 31.6 Å². The lowest BCUT2D eigenvalue weighted by atomic mass is 10.0. The van der Waals surface area contributed by atoms with Crippen LogP contribution in [-0.4, -0.2) is 37.1 Å². The summed E-state index contributed by atoms with van der Waals surface area (Å²) in [7, 11) is 0. The van der Waals surface area contributed by atoms with Gasteiger partial charge >= 0.3 is 6.03 Å². The number of hydrogen-bond acceptors (Lipinski definition) is 3. The van der Waals surface area contributed by atoms with Crippen molar-refractivity contribution in [1.82, 2.24) is 16.0 Å². The van der Waals surface area contributed by atoms with Crippen molar-refractivity contribution in [2.45, 2.75) is 45.3 Å². The summed E-state index contributed by atoms with van der Waals surface area (Å²) in [6.07, 6.45) is 1.62. The second kappa shape index (κ2) is 10.1. The van der Waals surface area contributed by atoms with Gasteiger partial charge in [0.2, 0.25) is 0 Å². The van der Waals surface area contributed by atoms with Crippen LogP contribution in [0.4, 0.5) is 14.9 Å². The lowest BCUT2D eigenvalue weighted by Crippen LogP contribution is -2.49. The number of hydrogen-bond donors (Lipinski definition) is 3. The number of benzene rings is 2. The Morgan fingerprint density at radius 1 is 1.10 bits per heavy atom. The van der Waals surface area contributed by atoms with E-state index in [0.29, 0.717) is 11.1 Å². The minimum absolute atomic E-state index is 0.0999. The molecule has 0 radical (unpaired) electrons. The van der Waals surface area contributed by atoms with Crippen LogP contribution in [0.2, 0.25) is 0 Å². The topological polar surface area (TPSA) is 73.5 Å². The summed E-state index contributed by atoms with van der Waals surface area (Å²) < 4.78 is 13.3. The van der Waals surface area contributed by atoms with Gasteiger partial charge < -0.3 is 20.9 Å². The molecule has 1 aliphatic rings. The lowest BCUT2D eigenvalue weighted by molar-refractivity contribution is 0.0951. The van der Waals surface area contributed by atoms with E-state index in [1.807, 2.05) is 32.0 Å². The number of nitrogens with zero attached hydrogens (tertiary/aromatic N) is 1. The van der Waals surface area contributed by atoms with E-state index in [1.54, 1.807) is 18.2 Å². The molecule has 0 bridgehead atoms. The molecule has 1 saturated heterocycles. The van der Waals surface area contributed by atoms with E-state index in [2.05, 4.69) is 20.9 Å². The number of carbonyl (C=O) groups excluding carboxylic acids is 2. The average Bonchev–Trinajstić information content (AvgIpc) is 2.72. The standard InChI is InChI=1S/C23H29FN4O2/c1-16(2)26-23(30)27-19-10-12-28(13-11-19)21-9-4-3-8-20(21)22(29)25-15-17-6-5-7-18(24)14-17/h3-9,14,16,19H,10-13,15H2,1-2H3,(H,25,29)(H2,26,27,30). The molecule has 0 atom stereocenters. The van der Waals surface area contributed by atoms with Crippen LogP contribution in [0.25, 0.3) is 0 Å². The van der Waals surface area contributed by atoms with Crippen LogP contribution in [0.5, 0.6) is 0 Å². The van der Waals surface area contributed by atoms with Gasteiger partial charge in [-0.3, -0.25) is 4.79 Å². The molecule has 3 N–H and O–H groups in total. The van der Waals surface area contributed by atoms with Crippen LogP contribution in [-0.2, 0) is 6.54 Å². The van der Waals surface area contributed by atoms with Gasteiger partial charge in [-0.2, -0.15) is 0 Å². The summed E-state index contributed by atoms with van der Waals surface area (Å²) in [5, 5.41) is 8.74. The van der Waals surface area contributed by atoms with E-state index in [4.69, 9.17) is 0 Å². The summed E-state index contributed by atoms with van der Waals surface area (Å²) in [6.45, 7) is 5.63. The summed E-state index contributed by atoms with van der Waals surface area (Å²) in [5.41, 5.74) is 2.18. The fraction of sp³-hybridized carbons (Fsp3) is 0.391. The summed E-state index contributed by atoms with van der Waals surface area (Å²) >= 11 is 0. The smallest absolute Gasteiger partial charge is 0.315 e. The number of rotatable bonds is 6. The molecule has 0 aromatic heterocycles. The van der Waals surface area contributed by atoms with E-state index in [9.17, 15) is 14.0 Å². The molecule has 3 rings (SSSR count). The van der Waals surface area contributed by atoms with Crippen LogP contribution >= 0.6 is 0 Å². The van der Waals surface area contributed by atoms with Crippen LogP contribution in [0.1, 0.15) is 42.6 Å². The maximum absolute atomic E-state index is 13.3. The number of para-hydroxylation sites is 1. The highest BCUT2D eigenvalue weighted by atomic mass is 19.1. The van der Waals surface area contributed by atoms with E-state index in [-0.39, 0.29) is 36.4 Å². The quantitative estimate of drug-likeness (QED) is 0.681.